The Kier molecular flexibility index (Phi) is 4.94. The average molecular weight is 357 g/mol. The van der Waals surface area contributed by atoms with Crippen LogP contribution in [0.3, 0.4) is 0 Å². The Labute approximate surface area is 128 Å². The van der Waals surface area contributed by atoms with Gasteiger partial charge in [-0.05, 0) is 43.3 Å². The van der Waals surface area contributed by atoms with Crippen molar-refractivity contribution in [2.75, 3.05) is 0 Å². The van der Waals surface area contributed by atoms with Crippen LogP contribution in [-0.4, -0.2) is 11.0 Å². The maximum Gasteiger partial charge on any atom is 0.175 e. The van der Waals surface area contributed by atoms with Crippen LogP contribution in [0.4, 0.5) is 8.78 Å². The van der Waals surface area contributed by atoms with Crippen molar-refractivity contribution in [1.82, 2.24) is 0 Å². The minimum Gasteiger partial charge on any atom is -0.293 e. The number of ketones is 1. The first kappa shape index (κ1) is 15.2. The summed E-state index contributed by atoms with van der Waals surface area (Å²) in [6.45, 7) is 1.75. The Balaban J connectivity index is 2.14. The molecule has 0 N–H and O–H groups in total. The number of rotatable bonds is 4. The highest BCUT2D eigenvalue weighted by Crippen LogP contribution is 2.28. The van der Waals surface area contributed by atoms with Gasteiger partial charge in [0, 0.05) is 14.9 Å². The van der Waals surface area contributed by atoms with E-state index < -0.39 is 11.6 Å². The molecule has 0 saturated heterocycles. The fourth-order valence-corrected chi connectivity index (χ4v) is 3.24. The van der Waals surface area contributed by atoms with E-state index in [1.165, 1.54) is 17.8 Å². The molecule has 0 amide bonds. The lowest BCUT2D eigenvalue weighted by atomic mass is 10.1. The fourth-order valence-electron chi connectivity index (χ4n) is 1.68. The molecule has 0 spiro atoms. The summed E-state index contributed by atoms with van der Waals surface area (Å²) >= 11 is 4.74. The van der Waals surface area contributed by atoms with Crippen LogP contribution in [0.15, 0.2) is 51.8 Å². The summed E-state index contributed by atoms with van der Waals surface area (Å²) in [5.74, 6) is -2.18. The monoisotopic (exact) mass is 356 g/mol. The Hall–Kier alpha value is -1.20. The van der Waals surface area contributed by atoms with Gasteiger partial charge in [0.1, 0.15) is 0 Å². The summed E-state index contributed by atoms with van der Waals surface area (Å²) < 4.78 is 26.9. The minimum atomic E-state index is -1.00. The predicted molar refractivity (Wildman–Crippen MR) is 80.1 cm³/mol. The number of halogens is 3. The van der Waals surface area contributed by atoms with Gasteiger partial charge in [-0.15, -0.1) is 11.8 Å². The van der Waals surface area contributed by atoms with Gasteiger partial charge in [0.15, 0.2) is 17.4 Å². The average Bonchev–Trinajstić information content (AvgIpc) is 2.41. The third-order valence-electron chi connectivity index (χ3n) is 2.68. The van der Waals surface area contributed by atoms with Gasteiger partial charge in [-0.3, -0.25) is 4.79 Å². The molecule has 0 saturated carbocycles. The van der Waals surface area contributed by atoms with Crippen molar-refractivity contribution in [3.05, 3.63) is 64.1 Å². The number of hydrogen-bond acceptors (Lipinski definition) is 2. The van der Waals surface area contributed by atoms with Crippen molar-refractivity contribution in [3.63, 3.8) is 0 Å². The maximum atomic E-state index is 13.1. The number of carbonyl (C=O) groups is 1. The molecule has 20 heavy (non-hydrogen) atoms. The van der Waals surface area contributed by atoms with E-state index in [1.807, 2.05) is 24.3 Å². The van der Waals surface area contributed by atoms with Gasteiger partial charge in [0.2, 0.25) is 0 Å². The van der Waals surface area contributed by atoms with Gasteiger partial charge in [0.25, 0.3) is 0 Å². The lowest BCUT2D eigenvalue weighted by Gasteiger charge is -2.10. The zero-order chi connectivity index (χ0) is 14.7. The lowest BCUT2D eigenvalue weighted by molar-refractivity contribution is 0.0993. The van der Waals surface area contributed by atoms with Crippen LogP contribution in [0, 0.1) is 11.6 Å². The van der Waals surface area contributed by atoms with Crippen LogP contribution in [0.2, 0.25) is 0 Å². The smallest absolute Gasteiger partial charge is 0.175 e. The van der Waals surface area contributed by atoms with Crippen LogP contribution in [0.1, 0.15) is 17.3 Å². The number of hydrogen-bond donors (Lipinski definition) is 0. The molecular weight excluding hydrogens is 346 g/mol. The topological polar surface area (TPSA) is 17.1 Å². The number of benzene rings is 2. The first-order chi connectivity index (χ1) is 9.47. The van der Waals surface area contributed by atoms with Crippen molar-refractivity contribution in [2.45, 2.75) is 17.1 Å². The first-order valence-corrected chi connectivity index (χ1v) is 7.56. The molecule has 0 heterocycles. The third-order valence-corrected chi connectivity index (χ3v) is 4.27. The van der Waals surface area contributed by atoms with Crippen molar-refractivity contribution in [3.8, 4) is 0 Å². The van der Waals surface area contributed by atoms with Crippen molar-refractivity contribution in [1.29, 1.82) is 0 Å². The Morgan fingerprint density at radius 3 is 2.55 bits per heavy atom. The highest BCUT2D eigenvalue weighted by atomic mass is 79.9. The molecular formula is C15H11BrF2OS. The van der Waals surface area contributed by atoms with E-state index in [2.05, 4.69) is 15.9 Å². The van der Waals surface area contributed by atoms with Gasteiger partial charge >= 0.3 is 0 Å². The maximum absolute atomic E-state index is 13.1. The second-order valence-corrected chi connectivity index (χ2v) is 6.54. The number of carbonyl (C=O) groups excluding carboxylic acids is 1. The molecule has 2 aromatic rings. The molecule has 0 aliphatic carbocycles. The van der Waals surface area contributed by atoms with Crippen LogP contribution in [0.5, 0.6) is 0 Å². The van der Waals surface area contributed by atoms with Gasteiger partial charge in [0.05, 0.1) is 5.25 Å². The second kappa shape index (κ2) is 6.50. The Morgan fingerprint density at radius 2 is 1.90 bits per heavy atom. The molecule has 2 aromatic carbocycles. The molecule has 0 aliphatic heterocycles. The summed E-state index contributed by atoms with van der Waals surface area (Å²) in [5.41, 5.74) is 0.180. The quantitative estimate of drug-likeness (QED) is 0.560. The third kappa shape index (κ3) is 3.67. The van der Waals surface area contributed by atoms with Crippen molar-refractivity contribution < 1.29 is 13.6 Å². The summed E-state index contributed by atoms with van der Waals surface area (Å²) in [4.78, 5) is 13.1. The van der Waals surface area contributed by atoms with Crippen LogP contribution < -0.4 is 0 Å². The molecule has 0 bridgehead atoms. The van der Waals surface area contributed by atoms with Crippen LogP contribution in [-0.2, 0) is 0 Å². The van der Waals surface area contributed by atoms with E-state index in [4.69, 9.17) is 0 Å². The normalized spacial score (nSPS) is 12.2. The molecule has 1 atom stereocenters. The van der Waals surface area contributed by atoms with E-state index in [-0.39, 0.29) is 16.6 Å². The minimum absolute atomic E-state index is 0.180. The first-order valence-electron chi connectivity index (χ1n) is 5.89. The highest BCUT2D eigenvalue weighted by molar-refractivity contribution is 9.10. The molecule has 2 rings (SSSR count). The van der Waals surface area contributed by atoms with Gasteiger partial charge in [-0.25, -0.2) is 8.78 Å². The zero-order valence-corrected chi connectivity index (χ0v) is 13.0. The number of thioether (sulfide) groups is 1. The highest BCUT2D eigenvalue weighted by Gasteiger charge is 2.18. The van der Waals surface area contributed by atoms with E-state index >= 15 is 0 Å². The van der Waals surface area contributed by atoms with Crippen LogP contribution in [0.25, 0.3) is 0 Å². The Bertz CT molecular complexity index is 646. The van der Waals surface area contributed by atoms with E-state index in [0.29, 0.717) is 0 Å². The molecule has 0 aromatic heterocycles. The van der Waals surface area contributed by atoms with Gasteiger partial charge in [-0.1, -0.05) is 22.0 Å². The van der Waals surface area contributed by atoms with Gasteiger partial charge in [-0.2, -0.15) is 0 Å². The molecule has 0 fully saturated rings. The molecule has 0 aliphatic rings. The lowest BCUT2D eigenvalue weighted by Crippen LogP contribution is -2.13. The molecule has 5 heteroatoms. The molecule has 1 unspecified atom stereocenters. The van der Waals surface area contributed by atoms with Gasteiger partial charge < -0.3 is 0 Å². The standard InChI is InChI=1S/C15H11BrF2OS/c1-9(20-12-4-2-3-11(16)8-12)15(19)10-5-6-13(17)14(18)7-10/h2-9H,1H3. The summed E-state index contributed by atoms with van der Waals surface area (Å²) in [6.07, 6.45) is 0. The summed E-state index contributed by atoms with van der Waals surface area (Å²) in [6, 6.07) is 10.8. The molecule has 0 radical (unpaired) electrons. The van der Waals surface area contributed by atoms with Crippen molar-refractivity contribution in [2.24, 2.45) is 0 Å². The van der Waals surface area contributed by atoms with Crippen LogP contribution >= 0.6 is 27.7 Å². The van der Waals surface area contributed by atoms with E-state index in [9.17, 15) is 13.6 Å². The summed E-state index contributed by atoms with van der Waals surface area (Å²) in [5, 5.41) is -0.380. The Morgan fingerprint density at radius 1 is 1.15 bits per heavy atom. The fraction of sp³-hybridized carbons (Fsp3) is 0.133. The van der Waals surface area contributed by atoms with Crippen molar-refractivity contribution >= 4 is 33.5 Å². The van der Waals surface area contributed by atoms with E-state index in [1.54, 1.807) is 6.92 Å². The largest absolute Gasteiger partial charge is 0.293 e. The molecule has 104 valence electrons. The zero-order valence-electron chi connectivity index (χ0n) is 10.6. The van der Waals surface area contributed by atoms with E-state index in [0.717, 1.165) is 21.5 Å². The molecule has 1 nitrogen and oxygen atoms in total. The predicted octanol–water partition coefficient (Wildman–Crippen LogP) is 5.09. The second-order valence-electron chi connectivity index (χ2n) is 4.21. The number of Topliss-reactive ketones (excluding diaryl/α,β-unsaturated/α-hetero) is 1. The summed E-state index contributed by atoms with van der Waals surface area (Å²) in [7, 11) is 0. The SMILES string of the molecule is CC(Sc1cccc(Br)c1)C(=O)c1ccc(F)c(F)c1.